The summed E-state index contributed by atoms with van der Waals surface area (Å²) < 4.78 is 3.24. The number of hydrogen-bond donors (Lipinski definition) is 3. The monoisotopic (exact) mass is 353 g/mol. The molecule has 0 radical (unpaired) electrons. The maximum absolute atomic E-state index is 11.1. The van der Waals surface area contributed by atoms with E-state index in [2.05, 4.69) is 20.6 Å². The zero-order valence-corrected chi connectivity index (χ0v) is 13.9. The van der Waals surface area contributed by atoms with Crippen LogP contribution in [0.15, 0.2) is 12.4 Å². The van der Waals surface area contributed by atoms with Gasteiger partial charge in [0.25, 0.3) is 0 Å². The molecule has 0 spiro atoms. The van der Waals surface area contributed by atoms with E-state index in [9.17, 15) is 4.79 Å². The molecule has 0 aliphatic carbocycles. The summed E-state index contributed by atoms with van der Waals surface area (Å²) in [4.78, 5) is 12.8. The third-order valence-electron chi connectivity index (χ3n) is 3.39. The van der Waals surface area contributed by atoms with Crippen molar-refractivity contribution in [2.45, 2.75) is 39.0 Å². The number of aliphatic hydroxyl groups is 2. The molecule has 0 aliphatic heterocycles. The Kier molecular flexibility index (Phi) is 7.44. The summed E-state index contributed by atoms with van der Waals surface area (Å²) in [5.74, 6) is -0.944. The number of rotatable bonds is 12. The molecule has 2 heterocycles. The molecule has 0 saturated carbocycles. The first-order chi connectivity index (χ1) is 12.1. The van der Waals surface area contributed by atoms with Crippen LogP contribution < -0.4 is 0 Å². The summed E-state index contributed by atoms with van der Waals surface area (Å²) in [6.07, 6.45) is 4.64. The second kappa shape index (κ2) is 9.81. The standard InChI is InChI=1S/C14H23N7O4/c22-5-1-3-20-9-12(15-17-20)7-19(11-14(24)25)8-13-10-21(18-16-13)4-2-6-23/h9-10,22-23H,1-8,11H2,(H,24,25). The van der Waals surface area contributed by atoms with Gasteiger partial charge < -0.3 is 15.3 Å². The van der Waals surface area contributed by atoms with Gasteiger partial charge in [0, 0.05) is 51.8 Å². The lowest BCUT2D eigenvalue weighted by molar-refractivity contribution is -0.138. The molecule has 11 nitrogen and oxygen atoms in total. The molecule has 2 aromatic rings. The topological polar surface area (TPSA) is 142 Å². The Bertz CT molecular complexity index is 609. The average Bonchev–Trinajstić information content (AvgIpc) is 3.19. The van der Waals surface area contributed by atoms with Crippen LogP contribution in [0.1, 0.15) is 24.2 Å². The summed E-state index contributed by atoms with van der Waals surface area (Å²) in [6, 6.07) is 0. The number of aliphatic carboxylic acids is 1. The highest BCUT2D eigenvalue weighted by molar-refractivity contribution is 5.69. The summed E-state index contributed by atoms with van der Waals surface area (Å²) in [6.45, 7) is 1.73. The third-order valence-corrected chi connectivity index (χ3v) is 3.39. The summed E-state index contributed by atoms with van der Waals surface area (Å²) >= 11 is 0. The van der Waals surface area contributed by atoms with Gasteiger partial charge in [0.05, 0.1) is 17.9 Å². The van der Waals surface area contributed by atoms with E-state index in [1.54, 1.807) is 26.7 Å². The lowest BCUT2D eigenvalue weighted by Gasteiger charge is -2.17. The minimum Gasteiger partial charge on any atom is -0.480 e. The number of carbonyl (C=O) groups is 1. The van der Waals surface area contributed by atoms with Gasteiger partial charge in [-0.05, 0) is 12.8 Å². The van der Waals surface area contributed by atoms with E-state index in [0.29, 0.717) is 50.4 Å². The van der Waals surface area contributed by atoms with Crippen molar-refractivity contribution in [2.75, 3.05) is 19.8 Å². The number of aliphatic hydroxyl groups excluding tert-OH is 2. The molecule has 2 aromatic heterocycles. The lowest BCUT2D eigenvalue weighted by Crippen LogP contribution is -2.29. The van der Waals surface area contributed by atoms with Gasteiger partial charge in [0.2, 0.25) is 0 Å². The number of aryl methyl sites for hydroxylation is 2. The average molecular weight is 353 g/mol. The first-order valence-corrected chi connectivity index (χ1v) is 8.04. The van der Waals surface area contributed by atoms with E-state index in [-0.39, 0.29) is 19.8 Å². The van der Waals surface area contributed by atoms with Crippen LogP contribution in [0.4, 0.5) is 0 Å². The highest BCUT2D eigenvalue weighted by atomic mass is 16.4. The van der Waals surface area contributed by atoms with Crippen LogP contribution >= 0.6 is 0 Å². The zero-order valence-electron chi connectivity index (χ0n) is 13.9. The number of hydrogen-bond acceptors (Lipinski definition) is 8. The number of carboxylic acid groups (broad SMARTS) is 1. The van der Waals surface area contributed by atoms with Crippen LogP contribution in [0.5, 0.6) is 0 Å². The van der Waals surface area contributed by atoms with Crippen molar-refractivity contribution < 1.29 is 20.1 Å². The zero-order chi connectivity index (χ0) is 18.1. The van der Waals surface area contributed by atoms with Gasteiger partial charge in [-0.1, -0.05) is 10.4 Å². The van der Waals surface area contributed by atoms with Gasteiger partial charge >= 0.3 is 5.97 Å². The molecule has 0 saturated heterocycles. The van der Waals surface area contributed by atoms with E-state index in [1.165, 1.54) is 0 Å². The van der Waals surface area contributed by atoms with Gasteiger partial charge in [-0.25, -0.2) is 0 Å². The molecule has 25 heavy (non-hydrogen) atoms. The number of aromatic nitrogens is 6. The Hall–Kier alpha value is -2.37. The van der Waals surface area contributed by atoms with Crippen LogP contribution in [0.3, 0.4) is 0 Å². The van der Waals surface area contributed by atoms with Gasteiger partial charge in [0.1, 0.15) is 0 Å². The number of nitrogens with zero attached hydrogens (tertiary/aromatic N) is 7. The Morgan fingerprint density at radius 3 is 1.84 bits per heavy atom. The summed E-state index contributed by atoms with van der Waals surface area (Å²) in [5.41, 5.74) is 1.29. The summed E-state index contributed by atoms with van der Waals surface area (Å²) in [7, 11) is 0. The number of carboxylic acids is 1. The Morgan fingerprint density at radius 1 is 0.960 bits per heavy atom. The quantitative estimate of drug-likeness (QED) is 0.425. The normalized spacial score (nSPS) is 11.3. The first-order valence-electron chi connectivity index (χ1n) is 8.04. The van der Waals surface area contributed by atoms with Crippen LogP contribution in [-0.2, 0) is 31.0 Å². The lowest BCUT2D eigenvalue weighted by atomic mass is 10.3. The molecule has 0 atom stereocenters. The molecule has 11 heteroatoms. The molecule has 3 N–H and O–H groups in total. The van der Waals surface area contributed by atoms with Crippen LogP contribution in [0.25, 0.3) is 0 Å². The molecule has 0 fully saturated rings. The molecule has 0 amide bonds. The minimum atomic E-state index is -0.944. The van der Waals surface area contributed by atoms with Crippen molar-refractivity contribution in [1.29, 1.82) is 0 Å². The van der Waals surface area contributed by atoms with Crippen molar-refractivity contribution in [1.82, 2.24) is 34.9 Å². The molecule has 138 valence electrons. The Balaban J connectivity index is 1.97. The molecule has 0 unspecified atom stereocenters. The van der Waals surface area contributed by atoms with Gasteiger partial charge in [0.15, 0.2) is 0 Å². The van der Waals surface area contributed by atoms with E-state index >= 15 is 0 Å². The maximum Gasteiger partial charge on any atom is 0.317 e. The SMILES string of the molecule is O=C(O)CN(Cc1cn(CCCO)nn1)Cc1cn(CCCO)nn1. The molecular weight excluding hydrogens is 330 g/mol. The van der Waals surface area contributed by atoms with E-state index in [0.717, 1.165) is 0 Å². The summed E-state index contributed by atoms with van der Waals surface area (Å²) in [5, 5.41) is 42.7. The second-order valence-corrected chi connectivity index (χ2v) is 5.64. The minimum absolute atomic E-state index is 0.0757. The van der Waals surface area contributed by atoms with Crippen LogP contribution in [0, 0.1) is 0 Å². The maximum atomic E-state index is 11.1. The van der Waals surface area contributed by atoms with Gasteiger partial charge in [-0.3, -0.25) is 19.1 Å². The van der Waals surface area contributed by atoms with Crippen molar-refractivity contribution in [3.8, 4) is 0 Å². The highest BCUT2D eigenvalue weighted by Gasteiger charge is 2.15. The fraction of sp³-hybridized carbons (Fsp3) is 0.643. The highest BCUT2D eigenvalue weighted by Crippen LogP contribution is 2.07. The van der Waals surface area contributed by atoms with E-state index in [1.807, 2.05) is 0 Å². The Labute approximate surface area is 144 Å². The molecule has 0 bridgehead atoms. The van der Waals surface area contributed by atoms with Gasteiger partial charge in [-0.15, -0.1) is 10.2 Å². The largest absolute Gasteiger partial charge is 0.480 e. The smallest absolute Gasteiger partial charge is 0.317 e. The fourth-order valence-electron chi connectivity index (χ4n) is 2.32. The van der Waals surface area contributed by atoms with Crippen LogP contribution in [0.2, 0.25) is 0 Å². The molecule has 0 aliphatic rings. The molecule has 0 aromatic carbocycles. The van der Waals surface area contributed by atoms with Crippen molar-refractivity contribution in [3.05, 3.63) is 23.8 Å². The Morgan fingerprint density at radius 2 is 1.44 bits per heavy atom. The van der Waals surface area contributed by atoms with Crippen molar-refractivity contribution in [3.63, 3.8) is 0 Å². The van der Waals surface area contributed by atoms with E-state index in [4.69, 9.17) is 15.3 Å². The molecule has 2 rings (SSSR count). The van der Waals surface area contributed by atoms with Gasteiger partial charge in [-0.2, -0.15) is 0 Å². The predicted molar refractivity (Wildman–Crippen MR) is 85.2 cm³/mol. The van der Waals surface area contributed by atoms with E-state index < -0.39 is 5.97 Å². The van der Waals surface area contributed by atoms with Crippen molar-refractivity contribution >= 4 is 5.97 Å². The van der Waals surface area contributed by atoms with Crippen molar-refractivity contribution in [2.24, 2.45) is 0 Å². The first kappa shape index (κ1) is 19.0. The third kappa shape index (κ3) is 6.57. The molecular formula is C14H23N7O4. The fourth-order valence-corrected chi connectivity index (χ4v) is 2.32. The predicted octanol–water partition coefficient (Wildman–Crippen LogP) is -1.28. The second-order valence-electron chi connectivity index (χ2n) is 5.64. The van der Waals surface area contributed by atoms with Crippen LogP contribution in [-0.4, -0.2) is 75.9 Å².